The van der Waals surface area contributed by atoms with Crippen molar-refractivity contribution in [1.82, 2.24) is 0 Å². The molecule has 0 spiro atoms. The molecule has 1 aliphatic heterocycles. The van der Waals surface area contributed by atoms with Crippen LogP contribution in [0.3, 0.4) is 0 Å². The molecule has 2 atom stereocenters. The topological polar surface area (TPSA) is 87.0 Å². The molecule has 1 heterocycles. The predicted octanol–water partition coefficient (Wildman–Crippen LogP) is 3.37. The van der Waals surface area contributed by atoms with E-state index in [1.165, 1.54) is 25.1 Å². The molecule has 2 rings (SSSR count). The van der Waals surface area contributed by atoms with E-state index in [2.05, 4.69) is 0 Å². The van der Waals surface area contributed by atoms with Crippen LogP contribution in [0.4, 0.5) is 0 Å². The molecule has 23 heavy (non-hydrogen) atoms. The van der Waals surface area contributed by atoms with Gasteiger partial charge in [-0.15, -0.1) is 0 Å². The van der Waals surface area contributed by atoms with E-state index in [9.17, 15) is 20.1 Å². The summed E-state index contributed by atoms with van der Waals surface area (Å²) in [4.78, 5) is 12.5. The number of hydrogen-bond donors (Lipinski definition) is 3. The minimum atomic E-state index is -3.00. The summed E-state index contributed by atoms with van der Waals surface area (Å²) in [6.45, 7) is 1.49. The van der Waals surface area contributed by atoms with Gasteiger partial charge in [0.25, 0.3) is 0 Å². The van der Waals surface area contributed by atoms with Crippen LogP contribution in [-0.4, -0.2) is 33.5 Å². The van der Waals surface area contributed by atoms with Crippen molar-refractivity contribution in [3.63, 3.8) is 0 Å². The molecular formula is C18H24O5. The average molecular weight is 325 g/mol. The molecule has 0 fully saturated rings. The largest absolute Gasteiger partial charge is 0.508 e. The van der Waals surface area contributed by atoms with Crippen LogP contribution in [0.15, 0.2) is 18.2 Å². The normalized spacial score (nSPS) is 34.4. The summed E-state index contributed by atoms with van der Waals surface area (Å²) in [6, 6.07) is 2.25. The monoisotopic (exact) mass is 325 g/mol. The lowest BCUT2D eigenvalue weighted by molar-refractivity contribution is 0.0307. The molecule has 3 N–H and O–H groups in total. The van der Waals surface area contributed by atoms with Gasteiger partial charge in [0.05, 0.1) is 13.6 Å². The Morgan fingerprint density at radius 1 is 1.30 bits per heavy atom. The van der Waals surface area contributed by atoms with Crippen molar-refractivity contribution in [2.75, 3.05) is 0 Å². The smallest absolute Gasteiger partial charge is 0.342 e. The number of carbonyl (C=O) groups excluding carboxylic acids is 1. The zero-order valence-corrected chi connectivity index (χ0v) is 12.9. The van der Waals surface area contributed by atoms with E-state index in [0.29, 0.717) is 0 Å². The molecule has 1 aromatic rings. The number of benzene rings is 1. The number of ether oxygens (including phenoxy) is 1. The van der Waals surface area contributed by atoms with Gasteiger partial charge in [0, 0.05) is 11.5 Å². The van der Waals surface area contributed by atoms with Gasteiger partial charge in [-0.1, -0.05) is 12.2 Å². The van der Waals surface area contributed by atoms with Crippen molar-refractivity contribution < 1.29 is 31.7 Å². The summed E-state index contributed by atoms with van der Waals surface area (Å²) < 4.78 is 45.2. The lowest BCUT2D eigenvalue weighted by Crippen LogP contribution is -2.17. The zero-order valence-electron chi connectivity index (χ0n) is 17.9. The Bertz CT molecular complexity index is 776. The third kappa shape index (κ3) is 4.99. The number of aliphatic hydroxyl groups is 1. The number of rotatable bonds is 0. The van der Waals surface area contributed by atoms with Gasteiger partial charge < -0.3 is 20.1 Å². The van der Waals surface area contributed by atoms with E-state index >= 15 is 0 Å². The highest BCUT2D eigenvalue weighted by Crippen LogP contribution is 2.30. The molecule has 0 bridgehead atoms. The number of phenolic OH excluding ortho intramolecular Hbond substituents is 2. The Hall–Kier alpha value is -2.01. The Morgan fingerprint density at radius 3 is 2.83 bits per heavy atom. The number of esters is 1. The van der Waals surface area contributed by atoms with Gasteiger partial charge in [-0.3, -0.25) is 0 Å². The van der Waals surface area contributed by atoms with E-state index in [1.807, 2.05) is 0 Å². The fourth-order valence-corrected chi connectivity index (χ4v) is 2.23. The van der Waals surface area contributed by atoms with Crippen molar-refractivity contribution in [3.8, 4) is 11.5 Å². The van der Waals surface area contributed by atoms with Crippen molar-refractivity contribution in [2.45, 2.75) is 57.5 Å². The van der Waals surface area contributed by atoms with E-state index < -0.39 is 43.1 Å². The number of carbonyl (C=O) groups is 1. The number of aromatic hydroxyl groups is 2. The predicted molar refractivity (Wildman–Crippen MR) is 87.4 cm³/mol. The standard InChI is InChI=1S/C18H24O5/c1-12-6-5-9-14(19)8-4-2-3-7-13-10-15(20)11-16(21)17(13)18(22)23-12/h3,7,10-12,14,19-21H,2,4-6,8-9H2,1H3/t12-,14-/m0/s1/i8D2,9D2,14D. The van der Waals surface area contributed by atoms with E-state index in [0.717, 1.165) is 6.07 Å². The molecule has 0 amide bonds. The molecule has 0 radical (unpaired) electrons. The van der Waals surface area contributed by atoms with Crippen LogP contribution in [0.2, 0.25) is 0 Å². The third-order valence-electron chi connectivity index (χ3n) is 3.39. The van der Waals surface area contributed by atoms with Gasteiger partial charge in [0.2, 0.25) is 0 Å². The third-order valence-corrected chi connectivity index (χ3v) is 3.39. The maximum atomic E-state index is 12.5. The van der Waals surface area contributed by atoms with Crippen LogP contribution >= 0.6 is 0 Å². The molecule has 0 unspecified atom stereocenters. The second kappa shape index (κ2) is 8.02. The van der Waals surface area contributed by atoms with Crippen molar-refractivity contribution in [2.24, 2.45) is 0 Å². The van der Waals surface area contributed by atoms with Gasteiger partial charge in [-0.25, -0.2) is 4.79 Å². The second-order valence-electron chi connectivity index (χ2n) is 5.33. The molecular weight excluding hydrogens is 296 g/mol. The molecule has 0 aliphatic carbocycles. The minimum absolute atomic E-state index is 0.0194. The van der Waals surface area contributed by atoms with Crippen LogP contribution in [0.1, 0.15) is 68.1 Å². The quantitative estimate of drug-likeness (QED) is 0.637. The molecule has 1 aliphatic rings. The Morgan fingerprint density at radius 2 is 2.04 bits per heavy atom. The van der Waals surface area contributed by atoms with Crippen LogP contribution < -0.4 is 0 Å². The highest BCUT2D eigenvalue weighted by atomic mass is 16.5. The molecule has 0 saturated carbocycles. The van der Waals surface area contributed by atoms with Gasteiger partial charge in [0.15, 0.2) is 0 Å². The number of allylic oxidation sites excluding steroid dienone is 1. The summed E-state index contributed by atoms with van der Waals surface area (Å²) in [5.41, 5.74) is 0.00441. The first-order chi connectivity index (χ1) is 12.8. The Balaban J connectivity index is 2.47. The molecule has 0 saturated heterocycles. The first-order valence-electron chi connectivity index (χ1n) is 9.94. The van der Waals surface area contributed by atoms with E-state index in [-0.39, 0.29) is 36.1 Å². The maximum Gasteiger partial charge on any atom is 0.342 e. The zero-order chi connectivity index (χ0) is 21.3. The lowest BCUT2D eigenvalue weighted by Gasteiger charge is -2.17. The fraction of sp³-hybridized carbons (Fsp3) is 0.500. The molecule has 126 valence electrons. The van der Waals surface area contributed by atoms with Gasteiger partial charge in [-0.05, 0) is 57.0 Å². The Labute approximate surface area is 143 Å². The minimum Gasteiger partial charge on any atom is -0.508 e. The van der Waals surface area contributed by atoms with Gasteiger partial charge >= 0.3 is 5.97 Å². The van der Waals surface area contributed by atoms with Crippen molar-refractivity contribution in [3.05, 3.63) is 29.3 Å². The van der Waals surface area contributed by atoms with Crippen LogP contribution in [0.5, 0.6) is 11.5 Å². The van der Waals surface area contributed by atoms with Crippen LogP contribution in [-0.2, 0) is 4.74 Å². The number of phenols is 2. The number of fused-ring (bicyclic) bond motifs is 1. The number of hydrogen-bond acceptors (Lipinski definition) is 5. The Kier molecular flexibility index (Phi) is 4.01. The average Bonchev–Trinajstić information content (AvgIpc) is 2.55. The first kappa shape index (κ1) is 11.5. The first-order valence-corrected chi connectivity index (χ1v) is 7.44. The van der Waals surface area contributed by atoms with Crippen molar-refractivity contribution >= 4 is 12.0 Å². The highest BCUT2D eigenvalue weighted by molar-refractivity contribution is 5.97. The molecule has 0 aromatic heterocycles. The van der Waals surface area contributed by atoms with Crippen molar-refractivity contribution in [1.29, 1.82) is 0 Å². The molecule has 5 nitrogen and oxygen atoms in total. The van der Waals surface area contributed by atoms with E-state index in [1.54, 1.807) is 0 Å². The van der Waals surface area contributed by atoms with E-state index in [4.69, 9.17) is 11.6 Å². The summed E-state index contributed by atoms with van der Waals surface area (Å²) in [5, 5.41) is 30.1. The van der Waals surface area contributed by atoms with Crippen LogP contribution in [0.25, 0.3) is 6.08 Å². The number of cyclic esters (lactones) is 1. The SMILES string of the molecule is [2H]C1([2H])CCC=Cc2cc(O)cc(O)c2C(=O)O[C@@H](C)CCC([2H])([2H])[C@@]1([2H])O. The summed E-state index contributed by atoms with van der Waals surface area (Å²) in [7, 11) is 0. The van der Waals surface area contributed by atoms with Gasteiger partial charge in [0.1, 0.15) is 17.1 Å². The molecule has 1 aromatic carbocycles. The lowest BCUT2D eigenvalue weighted by atomic mass is 10.0. The maximum absolute atomic E-state index is 12.5. The molecule has 5 heteroatoms. The van der Waals surface area contributed by atoms with Gasteiger partial charge in [-0.2, -0.15) is 0 Å². The highest BCUT2D eigenvalue weighted by Gasteiger charge is 2.20. The summed E-state index contributed by atoms with van der Waals surface area (Å²) >= 11 is 0. The second-order valence-corrected chi connectivity index (χ2v) is 5.33. The summed E-state index contributed by atoms with van der Waals surface area (Å²) in [5.74, 6) is -1.61. The fourth-order valence-electron chi connectivity index (χ4n) is 2.23. The van der Waals surface area contributed by atoms with Crippen LogP contribution in [0, 0.1) is 0 Å². The summed E-state index contributed by atoms with van der Waals surface area (Å²) in [6.07, 6.45) is -6.93.